The van der Waals surface area contributed by atoms with Crippen LogP contribution in [0.15, 0.2) is 30.6 Å². The van der Waals surface area contributed by atoms with Crippen molar-refractivity contribution in [1.82, 2.24) is 19.9 Å². The Morgan fingerprint density at radius 1 is 1.11 bits per heavy atom. The highest BCUT2D eigenvalue weighted by Gasteiger charge is 2.35. The summed E-state index contributed by atoms with van der Waals surface area (Å²) in [6, 6.07) is 4.27. The zero-order chi connectivity index (χ0) is 31.4. The van der Waals surface area contributed by atoms with Crippen molar-refractivity contribution in [3.63, 3.8) is 0 Å². The van der Waals surface area contributed by atoms with Gasteiger partial charge >= 0.3 is 12.1 Å². The number of benzene rings is 1. The second kappa shape index (κ2) is 16.1. The number of likely N-dealkylation sites (tertiary alicyclic amines) is 1. The predicted molar refractivity (Wildman–Crippen MR) is 174 cm³/mol. The molecule has 1 aromatic carbocycles. The summed E-state index contributed by atoms with van der Waals surface area (Å²) < 4.78 is 46.5. The summed E-state index contributed by atoms with van der Waals surface area (Å²) in [5, 5.41) is 12.2. The van der Waals surface area contributed by atoms with Crippen molar-refractivity contribution in [2.45, 2.75) is 64.2 Å². The van der Waals surface area contributed by atoms with Crippen LogP contribution in [0.25, 0.3) is 11.3 Å². The number of ether oxygens (including phenoxy) is 1. The molecule has 2 aliphatic heterocycles. The van der Waals surface area contributed by atoms with Gasteiger partial charge in [-0.1, -0.05) is 24.7 Å². The monoisotopic (exact) mass is 704 g/mol. The number of rotatable bonds is 10. The summed E-state index contributed by atoms with van der Waals surface area (Å²) >= 11 is 1.23. The lowest BCUT2D eigenvalue weighted by Gasteiger charge is -2.30. The van der Waals surface area contributed by atoms with Crippen molar-refractivity contribution in [2.24, 2.45) is 5.92 Å². The topological polar surface area (TPSA) is 121 Å². The molecule has 2 N–H and O–H groups in total. The lowest BCUT2D eigenvalue weighted by Crippen LogP contribution is -2.36. The summed E-state index contributed by atoms with van der Waals surface area (Å²) in [5.41, 5.74) is -0.174. The summed E-state index contributed by atoms with van der Waals surface area (Å²) in [6.45, 7) is 4.58. The molecule has 0 saturated carbocycles. The molecule has 252 valence electrons. The highest BCUT2D eigenvalue weighted by atomic mass is 35.5. The zero-order valence-corrected chi connectivity index (χ0v) is 27.8. The van der Waals surface area contributed by atoms with Crippen LogP contribution in [0.5, 0.6) is 5.75 Å². The van der Waals surface area contributed by atoms with Crippen LogP contribution in [0.1, 0.15) is 66.4 Å². The third-order valence-corrected chi connectivity index (χ3v) is 9.16. The molecule has 2 aromatic heterocycles. The number of halogens is 5. The van der Waals surface area contributed by atoms with E-state index in [1.54, 1.807) is 6.07 Å². The Kier molecular flexibility index (Phi) is 13.0. The Hall–Kier alpha value is -3.20. The minimum Gasteiger partial charge on any atom is -0.496 e. The van der Waals surface area contributed by atoms with Crippen molar-refractivity contribution >= 4 is 59.0 Å². The summed E-state index contributed by atoms with van der Waals surface area (Å²) in [6.07, 6.45) is 3.40. The molecule has 3 aromatic rings. The molecule has 2 aliphatic rings. The first kappa shape index (κ1) is 37.3. The third kappa shape index (κ3) is 8.58. The van der Waals surface area contributed by atoms with Crippen molar-refractivity contribution in [3.05, 3.63) is 46.7 Å². The van der Waals surface area contributed by atoms with Gasteiger partial charge in [0.05, 0.1) is 36.7 Å². The molecule has 1 amide bonds. The molecule has 0 bridgehead atoms. The van der Waals surface area contributed by atoms with E-state index < -0.39 is 23.6 Å². The molecule has 0 radical (unpaired) electrons. The predicted octanol–water partition coefficient (Wildman–Crippen LogP) is 6.79. The van der Waals surface area contributed by atoms with Gasteiger partial charge in [-0.2, -0.15) is 13.2 Å². The van der Waals surface area contributed by atoms with Crippen LogP contribution < -0.4 is 15.0 Å². The third-order valence-electron chi connectivity index (χ3n) is 8.20. The SMILES string of the molecule is CCC[C@@H]1CCCN1Cc1sc(NC(=O)c2cnc(N3CCC(C(=O)O)CC3)cn2)nc1-c1ccc(OC)c(C(F)(F)F)c1.Cl.Cl. The normalized spacial score (nSPS) is 17.2. The lowest BCUT2D eigenvalue weighted by molar-refractivity contribution is -0.142. The first-order valence-corrected chi connectivity index (χ1v) is 15.5. The lowest BCUT2D eigenvalue weighted by atomic mass is 9.97. The Morgan fingerprint density at radius 2 is 1.85 bits per heavy atom. The van der Waals surface area contributed by atoms with Crippen LogP contribution in [0, 0.1) is 5.92 Å². The average Bonchev–Trinajstić information content (AvgIpc) is 3.63. The van der Waals surface area contributed by atoms with E-state index in [2.05, 4.69) is 32.1 Å². The number of amides is 1. The number of nitrogens with one attached hydrogen (secondary N) is 1. The number of methoxy groups -OCH3 is 1. The number of thiazole rings is 1. The van der Waals surface area contributed by atoms with Crippen LogP contribution in [0.3, 0.4) is 0 Å². The standard InChI is InChI=1S/C30H35F3N6O4S.2ClH/c1-3-5-20-6-4-11-39(20)17-24-26(19-7-8-23(43-2)21(14-19)30(31,32)33)36-29(44-24)37-27(40)22-15-35-25(16-34-22)38-12-9-18(10-13-38)28(41)42;;/h7-8,14-16,18,20H,3-6,9-13,17H2,1-2H3,(H,41,42)(H,36,37,40);2*1H/t20-;;/m1../s1. The molecule has 1 atom stereocenters. The number of anilines is 2. The Balaban J connectivity index is 0.00000288. The zero-order valence-electron chi connectivity index (χ0n) is 25.4. The van der Waals surface area contributed by atoms with Crippen LogP contribution in [-0.4, -0.2) is 69.6 Å². The second-order valence-electron chi connectivity index (χ2n) is 11.1. The fraction of sp³-hybridized carbons (Fsp3) is 0.500. The first-order chi connectivity index (χ1) is 21.1. The number of alkyl halides is 3. The molecule has 4 heterocycles. The molecule has 2 fully saturated rings. The molecule has 10 nitrogen and oxygen atoms in total. The maximum atomic E-state index is 13.9. The van der Waals surface area contributed by atoms with Gasteiger partial charge in [-0.05, 0) is 56.8 Å². The molecule has 0 spiro atoms. The number of carbonyl (C=O) groups is 2. The van der Waals surface area contributed by atoms with E-state index in [4.69, 9.17) is 4.74 Å². The number of aliphatic carboxylic acids is 1. The number of hydrogen-bond acceptors (Lipinski definition) is 9. The number of aromatic nitrogens is 3. The van der Waals surface area contributed by atoms with Crippen molar-refractivity contribution < 1.29 is 32.6 Å². The van der Waals surface area contributed by atoms with E-state index in [0.717, 1.165) is 43.2 Å². The molecule has 5 rings (SSSR count). The second-order valence-corrected chi connectivity index (χ2v) is 12.2. The summed E-state index contributed by atoms with van der Waals surface area (Å²) in [5.74, 6) is -1.45. The molecule has 2 saturated heterocycles. The highest BCUT2D eigenvalue weighted by molar-refractivity contribution is 7.16. The van der Waals surface area contributed by atoms with Crippen LogP contribution in [-0.2, 0) is 17.5 Å². The summed E-state index contributed by atoms with van der Waals surface area (Å²) in [7, 11) is 1.20. The van der Waals surface area contributed by atoms with Gasteiger partial charge in [0.25, 0.3) is 5.91 Å². The highest BCUT2D eigenvalue weighted by Crippen LogP contribution is 2.41. The minimum atomic E-state index is -4.62. The summed E-state index contributed by atoms with van der Waals surface area (Å²) in [4.78, 5) is 42.6. The largest absolute Gasteiger partial charge is 0.496 e. The van der Waals surface area contributed by atoms with E-state index in [-0.39, 0.29) is 52.9 Å². The van der Waals surface area contributed by atoms with Crippen molar-refractivity contribution in [1.29, 1.82) is 0 Å². The van der Waals surface area contributed by atoms with Gasteiger partial charge < -0.3 is 14.7 Å². The molecular formula is C30H37Cl2F3N6O4S. The Labute approximate surface area is 281 Å². The Morgan fingerprint density at radius 3 is 2.46 bits per heavy atom. The Bertz CT molecular complexity index is 1490. The molecule has 16 heteroatoms. The first-order valence-electron chi connectivity index (χ1n) is 14.7. The van der Waals surface area contributed by atoms with Gasteiger partial charge in [0.15, 0.2) is 5.13 Å². The number of carboxylic acid groups (broad SMARTS) is 1. The molecule has 0 unspecified atom stereocenters. The molecule has 46 heavy (non-hydrogen) atoms. The molecule has 0 aliphatic carbocycles. The van der Waals surface area contributed by atoms with E-state index in [1.165, 1.54) is 36.9 Å². The van der Waals surface area contributed by atoms with Crippen LogP contribution >= 0.6 is 36.2 Å². The van der Waals surface area contributed by atoms with E-state index in [0.29, 0.717) is 50.0 Å². The van der Waals surface area contributed by atoms with E-state index in [1.807, 2.05) is 4.90 Å². The maximum absolute atomic E-state index is 13.9. The van der Waals surface area contributed by atoms with Gasteiger partial charge in [0.1, 0.15) is 17.3 Å². The van der Waals surface area contributed by atoms with E-state index in [9.17, 15) is 27.9 Å². The number of hydrogen-bond donors (Lipinski definition) is 2. The van der Waals surface area contributed by atoms with Crippen LogP contribution in [0.2, 0.25) is 0 Å². The number of carbonyl (C=O) groups excluding carboxylic acids is 1. The molecular weight excluding hydrogens is 668 g/mol. The van der Waals surface area contributed by atoms with Gasteiger partial charge in [0, 0.05) is 36.1 Å². The van der Waals surface area contributed by atoms with Crippen molar-refractivity contribution in [2.75, 3.05) is 37.0 Å². The number of piperidine rings is 1. The number of carboxylic acids is 1. The van der Waals surface area contributed by atoms with Gasteiger partial charge in [-0.3, -0.25) is 19.8 Å². The quantitative estimate of drug-likeness (QED) is 0.235. The van der Waals surface area contributed by atoms with Gasteiger partial charge in [-0.25, -0.2) is 15.0 Å². The van der Waals surface area contributed by atoms with Crippen LogP contribution in [0.4, 0.5) is 24.1 Å². The maximum Gasteiger partial charge on any atom is 0.419 e. The smallest absolute Gasteiger partial charge is 0.419 e. The van der Waals surface area contributed by atoms with Crippen molar-refractivity contribution in [3.8, 4) is 17.0 Å². The van der Waals surface area contributed by atoms with E-state index >= 15 is 0 Å². The fourth-order valence-electron chi connectivity index (χ4n) is 5.88. The average molecular weight is 706 g/mol. The number of nitrogens with zero attached hydrogens (tertiary/aromatic N) is 5. The van der Waals surface area contributed by atoms with Gasteiger partial charge in [-0.15, -0.1) is 24.8 Å². The fourth-order valence-corrected chi connectivity index (χ4v) is 6.89. The van der Waals surface area contributed by atoms with Gasteiger partial charge in [0.2, 0.25) is 0 Å². The minimum absolute atomic E-state index is 0.